The van der Waals surface area contributed by atoms with Crippen molar-refractivity contribution in [2.24, 2.45) is 0 Å². The molecule has 0 aliphatic heterocycles. The van der Waals surface area contributed by atoms with Crippen LogP contribution in [0, 0.1) is 0 Å². The normalized spacial score (nSPS) is 14.3. The number of ether oxygens (including phenoxy) is 2. The van der Waals surface area contributed by atoms with Gasteiger partial charge in [-0.3, -0.25) is 14.2 Å². The highest BCUT2D eigenvalue weighted by Gasteiger charge is 2.21. The number of esters is 2. The maximum absolute atomic E-state index is 12.6. The number of quaternary nitrogens is 1. The fraction of sp³-hybridized carbons (Fsp3) is 0.673. The van der Waals surface area contributed by atoms with E-state index in [4.69, 9.17) is 18.5 Å². The first-order valence-corrected chi connectivity index (χ1v) is 24.3. The van der Waals surface area contributed by atoms with Gasteiger partial charge in [0.05, 0.1) is 27.7 Å². The second kappa shape index (κ2) is 40.6. The third-order valence-corrected chi connectivity index (χ3v) is 10.2. The fourth-order valence-corrected chi connectivity index (χ4v) is 6.44. The third-order valence-electron chi connectivity index (χ3n) is 9.28. The maximum Gasteiger partial charge on any atom is 0.306 e. The molecule has 0 aromatic rings. The summed E-state index contributed by atoms with van der Waals surface area (Å²) in [4.78, 5) is 37.5. The van der Waals surface area contributed by atoms with Gasteiger partial charge in [-0.25, -0.2) is 0 Å². The standard InChI is InChI=1S/C49H84NO8P/c1-6-8-10-12-14-16-18-20-21-22-23-24-25-26-27-28-30-31-33-35-37-39-41-48(51)55-45-47(46-57-59(53,54)56-44-43-50(3,4)5)58-49(52)42-40-38-36-34-32-29-19-17-15-13-11-9-7-2/h9,11,13,15,17,19,22-23,25-26,29,32,34,36,47H,6-8,10,12,14,16,18,20-21,24,27-28,30-31,33,35,37-46H2,1-5H3/b11-9+,15-13+,19-17+,23-22+,26-25+,32-29+,36-34+. The smallest absolute Gasteiger partial charge is 0.306 e. The lowest BCUT2D eigenvalue weighted by molar-refractivity contribution is -0.870. The Bertz CT molecular complexity index is 1280. The second-order valence-electron chi connectivity index (χ2n) is 16.2. The van der Waals surface area contributed by atoms with Crippen LogP contribution in [0.5, 0.6) is 0 Å². The summed E-state index contributed by atoms with van der Waals surface area (Å²) in [5.41, 5.74) is 0. The molecule has 0 heterocycles. The summed E-state index contributed by atoms with van der Waals surface area (Å²) in [6, 6.07) is 0. The number of carbonyl (C=O) groups is 2. The highest BCUT2D eigenvalue weighted by atomic mass is 31.2. The monoisotopic (exact) mass is 846 g/mol. The van der Waals surface area contributed by atoms with Gasteiger partial charge in [-0.15, -0.1) is 0 Å². The summed E-state index contributed by atoms with van der Waals surface area (Å²) < 4.78 is 33.8. The minimum atomic E-state index is -4.65. The van der Waals surface area contributed by atoms with E-state index >= 15 is 0 Å². The Labute approximate surface area is 361 Å². The third kappa shape index (κ3) is 44.6. The fourth-order valence-electron chi connectivity index (χ4n) is 5.71. The van der Waals surface area contributed by atoms with E-state index < -0.39 is 32.5 Å². The van der Waals surface area contributed by atoms with Crippen molar-refractivity contribution in [3.05, 3.63) is 85.1 Å². The van der Waals surface area contributed by atoms with Gasteiger partial charge in [0.2, 0.25) is 0 Å². The number of carbonyl (C=O) groups excluding carboxylic acids is 2. The van der Waals surface area contributed by atoms with Crippen molar-refractivity contribution in [2.75, 3.05) is 47.5 Å². The zero-order valence-corrected chi connectivity index (χ0v) is 38.8. The van der Waals surface area contributed by atoms with Gasteiger partial charge in [0.15, 0.2) is 6.10 Å². The first-order chi connectivity index (χ1) is 28.5. The van der Waals surface area contributed by atoms with E-state index in [1.54, 1.807) is 0 Å². The number of likely N-dealkylation sites (N-methyl/N-ethyl adjacent to an activating group) is 1. The molecule has 0 bridgehead atoms. The van der Waals surface area contributed by atoms with Crippen LogP contribution in [0.15, 0.2) is 85.1 Å². The van der Waals surface area contributed by atoms with Crippen LogP contribution in [0.3, 0.4) is 0 Å². The van der Waals surface area contributed by atoms with E-state index in [1.807, 2.05) is 75.8 Å². The molecule has 10 heteroatoms. The number of unbranched alkanes of at least 4 members (excludes halogenated alkanes) is 16. The van der Waals surface area contributed by atoms with Crippen LogP contribution < -0.4 is 4.89 Å². The topological polar surface area (TPSA) is 111 Å². The minimum Gasteiger partial charge on any atom is -0.756 e. The molecule has 2 atom stereocenters. The molecule has 338 valence electrons. The lowest BCUT2D eigenvalue weighted by Crippen LogP contribution is -2.37. The number of nitrogens with zero attached hydrogens (tertiary/aromatic N) is 1. The molecule has 0 aliphatic carbocycles. The molecule has 0 aromatic carbocycles. The maximum atomic E-state index is 12.6. The summed E-state index contributed by atoms with van der Waals surface area (Å²) >= 11 is 0. The molecule has 0 amide bonds. The van der Waals surface area contributed by atoms with Crippen LogP contribution in [0.2, 0.25) is 0 Å². The predicted molar refractivity (Wildman–Crippen MR) is 245 cm³/mol. The molecule has 0 radical (unpaired) electrons. The minimum absolute atomic E-state index is 0.0503. The van der Waals surface area contributed by atoms with Crippen LogP contribution in [0.25, 0.3) is 0 Å². The van der Waals surface area contributed by atoms with Crippen LogP contribution in [-0.4, -0.2) is 70.0 Å². The molecule has 9 nitrogen and oxygen atoms in total. The van der Waals surface area contributed by atoms with Crippen molar-refractivity contribution >= 4 is 19.8 Å². The molecular weight excluding hydrogens is 762 g/mol. The molecule has 0 N–H and O–H groups in total. The number of phosphoric ester groups is 1. The number of hydrogen-bond donors (Lipinski definition) is 0. The summed E-state index contributed by atoms with van der Waals surface area (Å²) in [5.74, 6) is -0.937. The number of rotatable bonds is 40. The molecule has 0 saturated heterocycles. The molecule has 59 heavy (non-hydrogen) atoms. The van der Waals surface area contributed by atoms with Gasteiger partial charge in [-0.05, 0) is 57.8 Å². The Balaban J connectivity index is 4.37. The second-order valence-corrected chi connectivity index (χ2v) is 17.6. The van der Waals surface area contributed by atoms with E-state index in [1.165, 1.54) is 77.0 Å². The van der Waals surface area contributed by atoms with Gasteiger partial charge < -0.3 is 27.9 Å². The number of allylic oxidation sites excluding steroid dienone is 14. The van der Waals surface area contributed by atoms with Crippen molar-refractivity contribution in [3.8, 4) is 0 Å². The zero-order chi connectivity index (χ0) is 43.6. The molecule has 2 unspecified atom stereocenters. The highest BCUT2D eigenvalue weighted by molar-refractivity contribution is 7.45. The Kier molecular flexibility index (Phi) is 38.7. The van der Waals surface area contributed by atoms with Crippen molar-refractivity contribution in [1.29, 1.82) is 0 Å². The van der Waals surface area contributed by atoms with Gasteiger partial charge in [-0.1, -0.05) is 176 Å². The van der Waals surface area contributed by atoms with Crippen molar-refractivity contribution in [2.45, 2.75) is 168 Å². The van der Waals surface area contributed by atoms with Crippen LogP contribution in [-0.2, 0) is 32.7 Å². The molecule has 0 rings (SSSR count). The first kappa shape index (κ1) is 56.2. The summed E-state index contributed by atoms with van der Waals surface area (Å²) in [6.07, 6.45) is 52.1. The van der Waals surface area contributed by atoms with Gasteiger partial charge in [0.25, 0.3) is 7.82 Å². The van der Waals surface area contributed by atoms with Gasteiger partial charge >= 0.3 is 11.9 Å². The zero-order valence-electron chi connectivity index (χ0n) is 37.9. The predicted octanol–water partition coefficient (Wildman–Crippen LogP) is 12.6. The van der Waals surface area contributed by atoms with Crippen molar-refractivity contribution in [3.63, 3.8) is 0 Å². The first-order valence-electron chi connectivity index (χ1n) is 22.9. The number of hydrogen-bond acceptors (Lipinski definition) is 8. The summed E-state index contributed by atoms with van der Waals surface area (Å²) in [7, 11) is 1.10. The van der Waals surface area contributed by atoms with Gasteiger partial charge in [0.1, 0.15) is 19.8 Å². The Morgan fingerprint density at radius 2 is 1.05 bits per heavy atom. The molecule has 0 aliphatic rings. The lowest BCUT2D eigenvalue weighted by Gasteiger charge is -2.28. The van der Waals surface area contributed by atoms with E-state index in [-0.39, 0.29) is 26.1 Å². The largest absolute Gasteiger partial charge is 0.756 e. The average molecular weight is 846 g/mol. The quantitative estimate of drug-likeness (QED) is 0.0150. The molecule has 0 spiro atoms. The van der Waals surface area contributed by atoms with E-state index in [2.05, 4.69) is 44.2 Å². The van der Waals surface area contributed by atoms with E-state index in [0.29, 0.717) is 30.3 Å². The molecule has 0 aromatic heterocycles. The summed E-state index contributed by atoms with van der Waals surface area (Å²) in [5, 5.41) is 0. The van der Waals surface area contributed by atoms with Crippen molar-refractivity contribution < 1.29 is 42.1 Å². The number of phosphoric acid groups is 1. The molecule has 0 saturated carbocycles. The highest BCUT2D eigenvalue weighted by Crippen LogP contribution is 2.38. The van der Waals surface area contributed by atoms with Gasteiger partial charge in [-0.2, -0.15) is 0 Å². The van der Waals surface area contributed by atoms with Gasteiger partial charge in [0, 0.05) is 12.8 Å². The summed E-state index contributed by atoms with van der Waals surface area (Å²) in [6.45, 7) is 3.97. The van der Waals surface area contributed by atoms with E-state index in [9.17, 15) is 19.0 Å². The Hall–Kier alpha value is -2.81. The molecule has 0 fully saturated rings. The van der Waals surface area contributed by atoms with Crippen molar-refractivity contribution in [1.82, 2.24) is 0 Å². The lowest BCUT2D eigenvalue weighted by atomic mass is 10.1. The van der Waals surface area contributed by atoms with Crippen LogP contribution >= 0.6 is 7.82 Å². The Morgan fingerprint density at radius 1 is 0.559 bits per heavy atom. The SMILES string of the molecule is CC/C=C/C=C/C=C/C=C/C=C/CCCC(=O)OC(COC(=O)CCCCCCCCC/C=C/C/C=C/CCCCCCCCCC)COP(=O)([O-])OCC[N+](C)(C)C. The Morgan fingerprint density at radius 3 is 1.61 bits per heavy atom. The van der Waals surface area contributed by atoms with E-state index in [0.717, 1.165) is 38.5 Å². The molecular formula is C49H84NO8P. The van der Waals surface area contributed by atoms with Crippen LogP contribution in [0.1, 0.15) is 162 Å². The average Bonchev–Trinajstić information content (AvgIpc) is 3.19. The van der Waals surface area contributed by atoms with Crippen LogP contribution in [0.4, 0.5) is 0 Å².